The van der Waals surface area contributed by atoms with Crippen LogP contribution in [-0.2, 0) is 0 Å². The van der Waals surface area contributed by atoms with Gasteiger partial charge in [0.1, 0.15) is 5.75 Å². The Hall–Kier alpha value is -2.44. The van der Waals surface area contributed by atoms with Crippen molar-refractivity contribution in [3.8, 4) is 17.2 Å². The van der Waals surface area contributed by atoms with Crippen LogP contribution in [0.4, 0.5) is 5.69 Å². The minimum absolute atomic E-state index is 0.317. The molecule has 0 amide bonds. The van der Waals surface area contributed by atoms with Crippen LogP contribution in [0.5, 0.6) is 17.2 Å². The zero-order chi connectivity index (χ0) is 23.8. The van der Waals surface area contributed by atoms with Gasteiger partial charge in [-0.05, 0) is 56.1 Å². The van der Waals surface area contributed by atoms with E-state index in [-0.39, 0.29) is 0 Å². The number of nitrogens with zero attached hydrogens (tertiary/aromatic N) is 2. The minimum atomic E-state index is 0.317. The van der Waals surface area contributed by atoms with Crippen molar-refractivity contribution in [1.29, 1.82) is 0 Å². The second kappa shape index (κ2) is 12.1. The lowest BCUT2D eigenvalue weighted by atomic mass is 10.0. The molecule has 3 rings (SSSR count). The number of anilines is 1. The monoisotopic (exact) mass is 455 g/mol. The van der Waals surface area contributed by atoms with E-state index in [0.29, 0.717) is 18.7 Å². The number of nitrogens with one attached hydrogen (secondary N) is 1. The summed E-state index contributed by atoms with van der Waals surface area (Å²) < 4.78 is 17.1. The van der Waals surface area contributed by atoms with Crippen LogP contribution in [0, 0.1) is 6.92 Å². The molecule has 0 spiro atoms. The number of aryl methyl sites for hydroxylation is 1. The molecule has 2 aromatic carbocycles. The third kappa shape index (κ3) is 6.78. The summed E-state index contributed by atoms with van der Waals surface area (Å²) in [6.45, 7) is 14.3. The van der Waals surface area contributed by atoms with Crippen molar-refractivity contribution in [2.24, 2.45) is 0 Å². The second-order valence-corrected chi connectivity index (χ2v) is 9.07. The summed E-state index contributed by atoms with van der Waals surface area (Å²) in [6.07, 6.45) is 0.969. The lowest BCUT2D eigenvalue weighted by molar-refractivity contribution is 0.198. The Labute approximate surface area is 199 Å². The maximum atomic E-state index is 5.98. The average molecular weight is 456 g/mol. The highest BCUT2D eigenvalue weighted by Gasteiger charge is 2.23. The fourth-order valence-electron chi connectivity index (χ4n) is 4.29. The SMILES string of the molecule is COc1cc(N2CCN(C(C)c3ccc(OCCCNC(C)C)c(OC)c3)CC2)ccc1C. The Morgan fingerprint density at radius 3 is 2.27 bits per heavy atom. The number of rotatable bonds is 11. The Morgan fingerprint density at radius 1 is 0.879 bits per heavy atom. The van der Waals surface area contributed by atoms with Gasteiger partial charge in [0, 0.05) is 50.0 Å². The maximum Gasteiger partial charge on any atom is 0.161 e. The summed E-state index contributed by atoms with van der Waals surface area (Å²) in [7, 11) is 3.45. The summed E-state index contributed by atoms with van der Waals surface area (Å²) in [5, 5.41) is 3.42. The summed E-state index contributed by atoms with van der Waals surface area (Å²) in [5.74, 6) is 2.58. The van der Waals surface area contributed by atoms with Crippen molar-refractivity contribution in [1.82, 2.24) is 10.2 Å². The van der Waals surface area contributed by atoms with Gasteiger partial charge in [-0.1, -0.05) is 26.0 Å². The average Bonchev–Trinajstić information content (AvgIpc) is 2.83. The maximum absolute atomic E-state index is 5.98. The Morgan fingerprint density at radius 2 is 1.61 bits per heavy atom. The highest BCUT2D eigenvalue weighted by molar-refractivity contribution is 5.54. The molecular formula is C27H41N3O3. The van der Waals surface area contributed by atoms with E-state index in [1.165, 1.54) is 16.8 Å². The van der Waals surface area contributed by atoms with Crippen molar-refractivity contribution < 1.29 is 14.2 Å². The van der Waals surface area contributed by atoms with Gasteiger partial charge >= 0.3 is 0 Å². The van der Waals surface area contributed by atoms with Crippen molar-refractivity contribution in [2.45, 2.75) is 46.2 Å². The van der Waals surface area contributed by atoms with Crippen LogP contribution >= 0.6 is 0 Å². The zero-order valence-electron chi connectivity index (χ0n) is 21.2. The first-order chi connectivity index (χ1) is 15.9. The van der Waals surface area contributed by atoms with Gasteiger partial charge in [0.05, 0.1) is 20.8 Å². The summed E-state index contributed by atoms with van der Waals surface area (Å²) >= 11 is 0. The van der Waals surface area contributed by atoms with Crippen molar-refractivity contribution in [3.63, 3.8) is 0 Å². The summed E-state index contributed by atoms with van der Waals surface area (Å²) in [6, 6.07) is 13.7. The van der Waals surface area contributed by atoms with Crippen molar-refractivity contribution in [3.05, 3.63) is 47.5 Å². The first-order valence-electron chi connectivity index (χ1n) is 12.1. The van der Waals surface area contributed by atoms with Gasteiger partial charge in [-0.3, -0.25) is 4.90 Å². The lowest BCUT2D eigenvalue weighted by Gasteiger charge is -2.39. The van der Waals surface area contributed by atoms with Gasteiger partial charge in [-0.2, -0.15) is 0 Å². The van der Waals surface area contributed by atoms with Gasteiger partial charge in [0.2, 0.25) is 0 Å². The molecule has 6 heteroatoms. The minimum Gasteiger partial charge on any atom is -0.496 e. The van der Waals surface area contributed by atoms with Crippen LogP contribution in [0.1, 0.15) is 44.4 Å². The number of hydrogen-bond donors (Lipinski definition) is 1. The summed E-state index contributed by atoms with van der Waals surface area (Å²) in [5.41, 5.74) is 3.66. The third-order valence-corrected chi connectivity index (χ3v) is 6.42. The van der Waals surface area contributed by atoms with Crippen LogP contribution < -0.4 is 24.4 Å². The fourth-order valence-corrected chi connectivity index (χ4v) is 4.29. The molecule has 0 radical (unpaired) electrons. The molecule has 1 unspecified atom stereocenters. The molecular weight excluding hydrogens is 414 g/mol. The Balaban J connectivity index is 1.56. The normalized spacial score (nSPS) is 15.5. The number of ether oxygens (including phenoxy) is 3. The number of hydrogen-bond acceptors (Lipinski definition) is 6. The zero-order valence-corrected chi connectivity index (χ0v) is 21.2. The second-order valence-electron chi connectivity index (χ2n) is 9.07. The van der Waals surface area contributed by atoms with Gasteiger partial charge in [-0.15, -0.1) is 0 Å². The molecule has 1 fully saturated rings. The van der Waals surface area contributed by atoms with Crippen LogP contribution in [0.3, 0.4) is 0 Å². The molecule has 0 bridgehead atoms. The number of benzene rings is 2. The van der Waals surface area contributed by atoms with Gasteiger partial charge < -0.3 is 24.4 Å². The third-order valence-electron chi connectivity index (χ3n) is 6.42. The van der Waals surface area contributed by atoms with Crippen LogP contribution in [0.2, 0.25) is 0 Å². The van der Waals surface area contributed by atoms with Gasteiger partial charge in [0.25, 0.3) is 0 Å². The Bertz CT molecular complexity index is 879. The predicted octanol–water partition coefficient (Wildman–Crippen LogP) is 4.66. The Kier molecular flexibility index (Phi) is 9.27. The summed E-state index contributed by atoms with van der Waals surface area (Å²) in [4.78, 5) is 4.98. The van der Waals surface area contributed by atoms with Crippen molar-refractivity contribution in [2.75, 3.05) is 58.5 Å². The first kappa shape index (κ1) is 25.2. The van der Waals surface area contributed by atoms with E-state index < -0.39 is 0 Å². The molecule has 1 aliphatic rings. The first-order valence-corrected chi connectivity index (χ1v) is 12.1. The van der Waals surface area contributed by atoms with Gasteiger partial charge in [0.15, 0.2) is 11.5 Å². The van der Waals surface area contributed by atoms with Crippen LogP contribution in [0.15, 0.2) is 36.4 Å². The van der Waals surface area contributed by atoms with E-state index in [1.54, 1.807) is 14.2 Å². The number of methoxy groups -OCH3 is 2. The molecule has 1 saturated heterocycles. The molecule has 0 saturated carbocycles. The molecule has 1 atom stereocenters. The van der Waals surface area contributed by atoms with E-state index in [0.717, 1.165) is 56.4 Å². The molecule has 1 aliphatic heterocycles. The van der Waals surface area contributed by atoms with E-state index in [4.69, 9.17) is 14.2 Å². The van der Waals surface area contributed by atoms with Crippen LogP contribution in [0.25, 0.3) is 0 Å². The number of piperazine rings is 1. The topological polar surface area (TPSA) is 46.2 Å². The van der Waals surface area contributed by atoms with E-state index in [9.17, 15) is 0 Å². The standard InChI is InChI=1S/C27H41N3O3/c1-20(2)28-12-7-17-33-25-11-9-23(18-27(25)32-6)22(4)29-13-15-30(16-14-29)24-10-8-21(3)26(19-24)31-5/h8-11,18-20,22,28H,7,12-17H2,1-6H3. The van der Waals surface area contributed by atoms with Crippen LogP contribution in [-0.4, -0.2) is 64.5 Å². The molecule has 2 aromatic rings. The molecule has 6 nitrogen and oxygen atoms in total. The van der Waals surface area contributed by atoms with E-state index in [1.807, 2.05) is 0 Å². The highest BCUT2D eigenvalue weighted by Crippen LogP contribution is 2.33. The van der Waals surface area contributed by atoms with E-state index in [2.05, 4.69) is 79.2 Å². The molecule has 1 N–H and O–H groups in total. The highest BCUT2D eigenvalue weighted by atomic mass is 16.5. The van der Waals surface area contributed by atoms with E-state index >= 15 is 0 Å². The molecule has 0 aromatic heterocycles. The molecule has 0 aliphatic carbocycles. The van der Waals surface area contributed by atoms with Gasteiger partial charge in [-0.25, -0.2) is 0 Å². The fraction of sp³-hybridized carbons (Fsp3) is 0.556. The molecule has 182 valence electrons. The van der Waals surface area contributed by atoms with Crippen molar-refractivity contribution >= 4 is 5.69 Å². The largest absolute Gasteiger partial charge is 0.496 e. The lowest BCUT2D eigenvalue weighted by Crippen LogP contribution is -2.47. The smallest absolute Gasteiger partial charge is 0.161 e. The molecule has 33 heavy (non-hydrogen) atoms. The molecule has 1 heterocycles. The predicted molar refractivity (Wildman–Crippen MR) is 136 cm³/mol. The quantitative estimate of drug-likeness (QED) is 0.497.